The normalized spacial score (nSPS) is 14.8. The van der Waals surface area contributed by atoms with Crippen LogP contribution in [0.4, 0.5) is 5.69 Å². The molecule has 138 valence electrons. The lowest BCUT2D eigenvalue weighted by molar-refractivity contribution is 0.0322. The molecule has 2 aromatic carbocycles. The van der Waals surface area contributed by atoms with Crippen molar-refractivity contribution in [2.45, 2.75) is 6.54 Å². The summed E-state index contributed by atoms with van der Waals surface area (Å²) in [6, 6.07) is 14.7. The summed E-state index contributed by atoms with van der Waals surface area (Å²) in [5.41, 5.74) is 7.84. The third-order valence-corrected chi connectivity index (χ3v) is 4.28. The number of nitrogen functional groups attached to an aromatic ring is 1. The fourth-order valence-electron chi connectivity index (χ4n) is 2.83. The molecule has 1 amide bonds. The largest absolute Gasteiger partial charge is 0.492 e. The molecule has 1 heterocycles. The molecule has 26 heavy (non-hydrogen) atoms. The molecule has 0 bridgehead atoms. The number of anilines is 1. The average Bonchev–Trinajstić information content (AvgIpc) is 2.67. The number of hydrogen-bond acceptors (Lipinski definition) is 5. The smallest absolute Gasteiger partial charge is 0.251 e. The summed E-state index contributed by atoms with van der Waals surface area (Å²) in [5, 5.41) is 2.91. The Balaban J connectivity index is 1.46. The Hall–Kier alpha value is -2.57. The molecule has 1 saturated heterocycles. The van der Waals surface area contributed by atoms with Crippen molar-refractivity contribution in [2.24, 2.45) is 0 Å². The van der Waals surface area contributed by atoms with Crippen molar-refractivity contribution >= 4 is 11.6 Å². The number of carbonyl (C=O) groups excluding carboxylic acids is 1. The van der Waals surface area contributed by atoms with Crippen LogP contribution in [0.25, 0.3) is 0 Å². The van der Waals surface area contributed by atoms with Crippen molar-refractivity contribution in [3.63, 3.8) is 0 Å². The van der Waals surface area contributed by atoms with Crippen LogP contribution in [0.3, 0.4) is 0 Å². The van der Waals surface area contributed by atoms with Crippen LogP contribution in [0.5, 0.6) is 5.75 Å². The van der Waals surface area contributed by atoms with Gasteiger partial charge in [0.1, 0.15) is 12.4 Å². The zero-order valence-electron chi connectivity index (χ0n) is 14.8. The number of ether oxygens (including phenoxy) is 2. The van der Waals surface area contributed by atoms with E-state index in [2.05, 4.69) is 10.2 Å². The zero-order valence-corrected chi connectivity index (χ0v) is 14.8. The summed E-state index contributed by atoms with van der Waals surface area (Å²) in [6.07, 6.45) is 0. The van der Waals surface area contributed by atoms with Gasteiger partial charge in [-0.3, -0.25) is 9.69 Å². The zero-order chi connectivity index (χ0) is 18.2. The monoisotopic (exact) mass is 355 g/mol. The van der Waals surface area contributed by atoms with Crippen LogP contribution >= 0.6 is 0 Å². The molecule has 3 N–H and O–H groups in total. The first kappa shape index (κ1) is 18.2. The molecule has 0 atom stereocenters. The molecule has 0 spiro atoms. The maximum atomic E-state index is 12.2. The molecule has 0 radical (unpaired) electrons. The van der Waals surface area contributed by atoms with E-state index in [-0.39, 0.29) is 5.91 Å². The van der Waals surface area contributed by atoms with Gasteiger partial charge in [-0.2, -0.15) is 0 Å². The second-order valence-corrected chi connectivity index (χ2v) is 6.26. The van der Waals surface area contributed by atoms with Crippen LogP contribution in [0, 0.1) is 0 Å². The predicted molar refractivity (Wildman–Crippen MR) is 101 cm³/mol. The quantitative estimate of drug-likeness (QED) is 0.742. The van der Waals surface area contributed by atoms with Crippen LogP contribution in [-0.4, -0.2) is 50.3 Å². The Morgan fingerprint density at radius 3 is 2.77 bits per heavy atom. The van der Waals surface area contributed by atoms with E-state index in [0.29, 0.717) is 24.4 Å². The number of hydrogen-bond donors (Lipinski definition) is 2. The van der Waals surface area contributed by atoms with Crippen molar-refractivity contribution in [1.82, 2.24) is 10.2 Å². The molecule has 3 rings (SSSR count). The Labute approximate surface area is 153 Å². The van der Waals surface area contributed by atoms with E-state index < -0.39 is 0 Å². The van der Waals surface area contributed by atoms with Crippen LogP contribution in [0.1, 0.15) is 15.9 Å². The summed E-state index contributed by atoms with van der Waals surface area (Å²) < 4.78 is 11.2. The van der Waals surface area contributed by atoms with Crippen molar-refractivity contribution in [1.29, 1.82) is 0 Å². The number of morpholine rings is 1. The van der Waals surface area contributed by atoms with E-state index in [1.807, 2.05) is 24.3 Å². The second kappa shape index (κ2) is 9.22. The number of benzene rings is 2. The topological polar surface area (TPSA) is 76.8 Å². The van der Waals surface area contributed by atoms with Gasteiger partial charge in [0.05, 0.1) is 13.2 Å². The number of nitrogens with one attached hydrogen (secondary N) is 1. The van der Waals surface area contributed by atoms with Crippen LogP contribution in [0.2, 0.25) is 0 Å². The highest BCUT2D eigenvalue weighted by Gasteiger charge is 2.10. The second-order valence-electron chi connectivity index (χ2n) is 6.26. The Morgan fingerprint density at radius 1 is 1.15 bits per heavy atom. The van der Waals surface area contributed by atoms with Crippen molar-refractivity contribution in [3.05, 3.63) is 59.7 Å². The first-order chi connectivity index (χ1) is 12.7. The van der Waals surface area contributed by atoms with Gasteiger partial charge in [-0.1, -0.05) is 18.2 Å². The number of nitrogens with two attached hydrogens (primary N) is 1. The van der Waals surface area contributed by atoms with Gasteiger partial charge in [0, 0.05) is 37.4 Å². The van der Waals surface area contributed by atoms with Gasteiger partial charge >= 0.3 is 0 Å². The lowest BCUT2D eigenvalue weighted by Gasteiger charge is -2.26. The highest BCUT2D eigenvalue weighted by molar-refractivity contribution is 5.94. The Morgan fingerprint density at radius 2 is 1.96 bits per heavy atom. The van der Waals surface area contributed by atoms with Gasteiger partial charge in [0.25, 0.3) is 5.91 Å². The fraction of sp³-hybridized carbons (Fsp3) is 0.350. The molecule has 0 aliphatic carbocycles. The summed E-state index contributed by atoms with van der Waals surface area (Å²) >= 11 is 0. The predicted octanol–water partition coefficient (Wildman–Crippen LogP) is 1.91. The SMILES string of the molecule is Nc1cccc(C(=O)NCc2cccc(OCCN3CCOCC3)c2)c1. The van der Waals surface area contributed by atoms with Crippen molar-refractivity contribution in [3.8, 4) is 5.75 Å². The Kier molecular flexibility index (Phi) is 6.46. The number of amides is 1. The third kappa shape index (κ3) is 5.47. The maximum absolute atomic E-state index is 12.2. The summed E-state index contributed by atoms with van der Waals surface area (Å²) in [6.45, 7) is 5.47. The first-order valence-electron chi connectivity index (χ1n) is 8.86. The molecule has 1 fully saturated rings. The third-order valence-electron chi connectivity index (χ3n) is 4.28. The summed E-state index contributed by atoms with van der Waals surface area (Å²) in [4.78, 5) is 14.5. The summed E-state index contributed by atoms with van der Waals surface area (Å²) in [7, 11) is 0. The molecular formula is C20H25N3O3. The Bertz CT molecular complexity index is 730. The van der Waals surface area contributed by atoms with Crippen molar-refractivity contribution < 1.29 is 14.3 Å². The van der Waals surface area contributed by atoms with E-state index >= 15 is 0 Å². The van der Waals surface area contributed by atoms with Crippen LogP contribution < -0.4 is 15.8 Å². The molecule has 0 aromatic heterocycles. The minimum atomic E-state index is -0.143. The molecule has 1 aliphatic rings. The standard InChI is InChI=1S/C20H25N3O3/c21-18-5-2-4-17(14-18)20(24)22-15-16-3-1-6-19(13-16)26-12-9-23-7-10-25-11-8-23/h1-6,13-14H,7-12,15,21H2,(H,22,24). The number of rotatable bonds is 7. The van der Waals surface area contributed by atoms with Crippen molar-refractivity contribution in [2.75, 3.05) is 45.2 Å². The minimum absolute atomic E-state index is 0.143. The first-order valence-corrected chi connectivity index (χ1v) is 8.86. The molecule has 2 aromatic rings. The molecule has 6 heteroatoms. The van der Waals surface area contributed by atoms with E-state index in [0.717, 1.165) is 44.2 Å². The summed E-state index contributed by atoms with van der Waals surface area (Å²) in [5.74, 6) is 0.671. The molecule has 0 saturated carbocycles. The lowest BCUT2D eigenvalue weighted by atomic mass is 10.1. The highest BCUT2D eigenvalue weighted by atomic mass is 16.5. The van der Waals surface area contributed by atoms with Crippen LogP contribution in [-0.2, 0) is 11.3 Å². The minimum Gasteiger partial charge on any atom is -0.492 e. The molecular weight excluding hydrogens is 330 g/mol. The molecule has 1 aliphatic heterocycles. The molecule has 0 unspecified atom stereocenters. The van der Waals surface area contributed by atoms with Gasteiger partial charge in [0.2, 0.25) is 0 Å². The molecule has 6 nitrogen and oxygen atoms in total. The van der Waals surface area contributed by atoms with E-state index in [1.54, 1.807) is 24.3 Å². The van der Waals surface area contributed by atoms with Gasteiger partial charge in [-0.25, -0.2) is 0 Å². The van der Waals surface area contributed by atoms with Gasteiger partial charge in [-0.15, -0.1) is 0 Å². The highest BCUT2D eigenvalue weighted by Crippen LogP contribution is 2.14. The fourth-order valence-corrected chi connectivity index (χ4v) is 2.83. The van der Waals surface area contributed by atoms with E-state index in [1.165, 1.54) is 0 Å². The van der Waals surface area contributed by atoms with Gasteiger partial charge in [0.15, 0.2) is 0 Å². The van der Waals surface area contributed by atoms with E-state index in [9.17, 15) is 4.79 Å². The van der Waals surface area contributed by atoms with E-state index in [4.69, 9.17) is 15.2 Å². The van der Waals surface area contributed by atoms with Gasteiger partial charge in [-0.05, 0) is 35.9 Å². The lowest BCUT2D eigenvalue weighted by Crippen LogP contribution is -2.38. The van der Waals surface area contributed by atoms with Crippen LogP contribution in [0.15, 0.2) is 48.5 Å². The number of carbonyl (C=O) groups is 1. The van der Waals surface area contributed by atoms with Gasteiger partial charge < -0.3 is 20.5 Å². The average molecular weight is 355 g/mol. The maximum Gasteiger partial charge on any atom is 0.251 e. The number of nitrogens with zero attached hydrogens (tertiary/aromatic N) is 1.